The van der Waals surface area contributed by atoms with E-state index in [-0.39, 0.29) is 16.3 Å². The summed E-state index contributed by atoms with van der Waals surface area (Å²) in [5.74, 6) is 0.657. The molecule has 6 nitrogen and oxygen atoms in total. The number of rotatable bonds is 3. The second-order valence-corrected chi connectivity index (χ2v) is 7.34. The molecule has 3 aromatic rings. The van der Waals surface area contributed by atoms with E-state index in [1.807, 2.05) is 0 Å². The summed E-state index contributed by atoms with van der Waals surface area (Å²) < 4.78 is 41.3. The minimum Gasteiger partial charge on any atom is -0.370 e. The zero-order valence-corrected chi connectivity index (χ0v) is 16.3. The number of alkyl halides is 3. The average molecular weight is 437 g/mol. The van der Waals surface area contributed by atoms with Crippen molar-refractivity contribution in [3.63, 3.8) is 0 Å². The number of non-ortho nitro benzene ring substituents is 1. The van der Waals surface area contributed by atoms with Gasteiger partial charge in [0.2, 0.25) is 0 Å². The Morgan fingerprint density at radius 1 is 1.13 bits per heavy atom. The van der Waals surface area contributed by atoms with E-state index in [0.717, 1.165) is 30.5 Å². The Bertz CT molecular complexity index is 1110. The minimum atomic E-state index is -4.50. The van der Waals surface area contributed by atoms with Gasteiger partial charge < -0.3 is 5.32 Å². The smallest absolute Gasteiger partial charge is 0.370 e. The van der Waals surface area contributed by atoms with Crippen LogP contribution in [0.2, 0.25) is 5.02 Å². The van der Waals surface area contributed by atoms with E-state index >= 15 is 0 Å². The summed E-state index contributed by atoms with van der Waals surface area (Å²) in [5.41, 5.74) is 1.03. The van der Waals surface area contributed by atoms with Gasteiger partial charge in [-0.3, -0.25) is 10.1 Å². The zero-order valence-electron chi connectivity index (χ0n) is 15.5. The number of hydrogen-bond acceptors (Lipinski definition) is 4. The largest absolute Gasteiger partial charge is 0.416 e. The SMILES string of the molecule is O=[N+]([O-])c1ccc(-n2nc(-c3cc(C(F)(F)F)ccc3Cl)c3c2NCCCC3)cc1. The van der Waals surface area contributed by atoms with Gasteiger partial charge in [0.05, 0.1) is 26.9 Å². The van der Waals surface area contributed by atoms with Crippen LogP contribution in [0, 0.1) is 10.1 Å². The third-order valence-electron chi connectivity index (χ3n) is 4.98. The number of nitro groups is 1. The van der Waals surface area contributed by atoms with Gasteiger partial charge in [0.1, 0.15) is 5.82 Å². The molecule has 0 radical (unpaired) electrons. The first kappa shape index (κ1) is 20.2. The van der Waals surface area contributed by atoms with Gasteiger partial charge in [-0.1, -0.05) is 11.6 Å². The molecule has 10 heteroatoms. The average Bonchev–Trinajstić information content (AvgIpc) is 2.88. The molecule has 30 heavy (non-hydrogen) atoms. The summed E-state index contributed by atoms with van der Waals surface area (Å²) in [4.78, 5) is 10.4. The van der Waals surface area contributed by atoms with E-state index in [9.17, 15) is 23.3 Å². The van der Waals surface area contributed by atoms with Gasteiger partial charge in [0, 0.05) is 29.8 Å². The summed E-state index contributed by atoms with van der Waals surface area (Å²) in [6, 6.07) is 8.99. The lowest BCUT2D eigenvalue weighted by atomic mass is 10.0. The molecule has 1 aliphatic heterocycles. The summed E-state index contributed by atoms with van der Waals surface area (Å²) in [7, 11) is 0. The molecular weight excluding hydrogens is 421 g/mol. The first-order valence-electron chi connectivity index (χ1n) is 9.23. The van der Waals surface area contributed by atoms with Crippen molar-refractivity contribution in [1.29, 1.82) is 0 Å². The summed E-state index contributed by atoms with van der Waals surface area (Å²) in [6.45, 7) is 0.682. The molecule has 0 atom stereocenters. The molecule has 156 valence electrons. The maximum Gasteiger partial charge on any atom is 0.416 e. The fourth-order valence-corrected chi connectivity index (χ4v) is 3.71. The Morgan fingerprint density at radius 3 is 2.53 bits per heavy atom. The van der Waals surface area contributed by atoms with Crippen molar-refractivity contribution in [2.45, 2.75) is 25.4 Å². The normalized spacial score (nSPS) is 14.0. The van der Waals surface area contributed by atoms with Gasteiger partial charge in [0.15, 0.2) is 0 Å². The standard InChI is InChI=1S/C20H16ClF3N4O2/c21-17-9-4-12(20(22,23)24)11-16(17)18-15-3-1-2-10-25-19(15)27(26-18)13-5-7-14(8-6-13)28(29)30/h4-9,11,25H,1-3,10H2. The van der Waals surface area contributed by atoms with Gasteiger partial charge >= 0.3 is 6.18 Å². The van der Waals surface area contributed by atoms with Crippen molar-refractivity contribution in [3.8, 4) is 16.9 Å². The number of halogens is 4. The topological polar surface area (TPSA) is 73.0 Å². The molecule has 1 aliphatic rings. The van der Waals surface area contributed by atoms with Crippen LogP contribution in [0.15, 0.2) is 42.5 Å². The number of hydrogen-bond donors (Lipinski definition) is 1. The summed E-state index contributed by atoms with van der Waals surface area (Å²) in [6.07, 6.45) is -2.15. The molecule has 1 N–H and O–H groups in total. The van der Waals surface area contributed by atoms with Crippen molar-refractivity contribution in [2.75, 3.05) is 11.9 Å². The van der Waals surface area contributed by atoms with Crippen molar-refractivity contribution < 1.29 is 18.1 Å². The molecule has 0 amide bonds. The highest BCUT2D eigenvalue weighted by Crippen LogP contribution is 2.40. The number of nitro benzene ring substituents is 1. The maximum atomic E-state index is 13.3. The monoisotopic (exact) mass is 436 g/mol. The molecule has 0 saturated carbocycles. The number of nitrogens with zero attached hydrogens (tertiary/aromatic N) is 3. The number of fused-ring (bicyclic) bond motifs is 1. The first-order chi connectivity index (χ1) is 14.3. The molecule has 4 rings (SSSR count). The first-order valence-corrected chi connectivity index (χ1v) is 9.61. The Morgan fingerprint density at radius 2 is 1.87 bits per heavy atom. The van der Waals surface area contributed by atoms with E-state index in [0.29, 0.717) is 30.2 Å². The zero-order chi connectivity index (χ0) is 21.5. The van der Waals surface area contributed by atoms with Gasteiger partial charge in [-0.05, 0) is 49.6 Å². The molecule has 2 heterocycles. The molecule has 0 unspecified atom stereocenters. The third-order valence-corrected chi connectivity index (χ3v) is 5.31. The summed E-state index contributed by atoms with van der Waals surface area (Å²) >= 11 is 6.26. The van der Waals surface area contributed by atoms with Gasteiger partial charge in [-0.2, -0.15) is 18.3 Å². The highest BCUT2D eigenvalue weighted by Gasteiger charge is 2.32. The quantitative estimate of drug-likeness (QED) is 0.412. The van der Waals surface area contributed by atoms with Crippen molar-refractivity contribution >= 4 is 23.1 Å². The van der Waals surface area contributed by atoms with E-state index in [2.05, 4.69) is 10.4 Å². The van der Waals surface area contributed by atoms with Crippen LogP contribution in [0.5, 0.6) is 0 Å². The number of anilines is 1. The fraction of sp³-hybridized carbons (Fsp3) is 0.250. The van der Waals surface area contributed by atoms with E-state index in [1.165, 1.54) is 18.2 Å². The molecule has 0 bridgehead atoms. The fourth-order valence-electron chi connectivity index (χ4n) is 3.50. The van der Waals surface area contributed by atoms with Crippen LogP contribution < -0.4 is 5.32 Å². The molecule has 0 spiro atoms. The van der Waals surface area contributed by atoms with Crippen molar-refractivity contribution in [2.24, 2.45) is 0 Å². The molecule has 1 aromatic heterocycles. The van der Waals surface area contributed by atoms with Crippen LogP contribution in [-0.2, 0) is 12.6 Å². The van der Waals surface area contributed by atoms with Gasteiger partial charge in [-0.25, -0.2) is 4.68 Å². The minimum absolute atomic E-state index is 0.0638. The Balaban J connectivity index is 1.89. The van der Waals surface area contributed by atoms with Gasteiger partial charge in [-0.15, -0.1) is 0 Å². The second kappa shape index (κ2) is 7.64. The van der Waals surface area contributed by atoms with E-state index < -0.39 is 16.7 Å². The maximum absolute atomic E-state index is 13.3. The lowest BCUT2D eigenvalue weighted by Crippen LogP contribution is -2.07. The molecule has 0 saturated heterocycles. The number of aromatic nitrogens is 2. The van der Waals surface area contributed by atoms with Crippen molar-refractivity contribution in [3.05, 3.63) is 68.7 Å². The number of nitrogens with one attached hydrogen (secondary N) is 1. The molecule has 0 aliphatic carbocycles. The predicted octanol–water partition coefficient (Wildman–Crippen LogP) is 5.87. The highest BCUT2D eigenvalue weighted by atomic mass is 35.5. The lowest BCUT2D eigenvalue weighted by Gasteiger charge is -2.10. The highest BCUT2D eigenvalue weighted by molar-refractivity contribution is 6.33. The van der Waals surface area contributed by atoms with Crippen LogP contribution in [0.3, 0.4) is 0 Å². The number of benzene rings is 2. The molecule has 0 fully saturated rings. The third kappa shape index (κ3) is 3.72. The molecular formula is C20H16ClF3N4O2. The second-order valence-electron chi connectivity index (χ2n) is 6.94. The Kier molecular flexibility index (Phi) is 5.15. The Hall–Kier alpha value is -3.07. The van der Waals surface area contributed by atoms with Crippen LogP contribution in [0.1, 0.15) is 24.0 Å². The van der Waals surface area contributed by atoms with Crippen LogP contribution in [0.25, 0.3) is 16.9 Å². The van der Waals surface area contributed by atoms with Gasteiger partial charge in [0.25, 0.3) is 5.69 Å². The van der Waals surface area contributed by atoms with Crippen LogP contribution >= 0.6 is 11.6 Å². The van der Waals surface area contributed by atoms with E-state index in [1.54, 1.807) is 16.8 Å². The Labute approximate surface area is 174 Å². The molecule has 2 aromatic carbocycles. The summed E-state index contributed by atoms with van der Waals surface area (Å²) in [5, 5.41) is 19.0. The van der Waals surface area contributed by atoms with E-state index in [4.69, 9.17) is 11.6 Å². The van der Waals surface area contributed by atoms with Crippen LogP contribution in [-0.4, -0.2) is 21.2 Å². The van der Waals surface area contributed by atoms with Crippen molar-refractivity contribution in [1.82, 2.24) is 9.78 Å². The van der Waals surface area contributed by atoms with Crippen LogP contribution in [0.4, 0.5) is 24.7 Å². The lowest BCUT2D eigenvalue weighted by molar-refractivity contribution is -0.384. The predicted molar refractivity (Wildman–Crippen MR) is 107 cm³/mol.